The third kappa shape index (κ3) is 5.02. The van der Waals surface area contributed by atoms with Gasteiger partial charge in [0.15, 0.2) is 5.82 Å². The molecule has 0 amide bonds. The van der Waals surface area contributed by atoms with Crippen molar-refractivity contribution in [3.05, 3.63) is 204 Å². The van der Waals surface area contributed by atoms with Gasteiger partial charge >= 0.3 is 0 Å². The number of ether oxygens (including phenoxy) is 1. The Labute approximate surface area is 351 Å². The number of rotatable bonds is 5. The fraction of sp³-hybridized carbons (Fsp3) is 0.193. The molecule has 2 heterocycles. The molecule has 1 aromatic heterocycles. The van der Waals surface area contributed by atoms with E-state index in [0.717, 1.165) is 79.8 Å². The number of para-hydroxylation sites is 2. The van der Waals surface area contributed by atoms with Crippen molar-refractivity contribution in [1.82, 2.24) is 9.97 Å². The molecule has 6 aliphatic rings. The summed E-state index contributed by atoms with van der Waals surface area (Å²) in [6, 6.07) is 64.0. The van der Waals surface area contributed by atoms with E-state index >= 15 is 0 Å². The molecule has 14 rings (SSSR count). The Morgan fingerprint density at radius 2 is 0.967 bits per heavy atom. The van der Waals surface area contributed by atoms with Crippen molar-refractivity contribution in [2.45, 2.75) is 49.4 Å². The number of fused-ring (bicyclic) bond motifs is 9. The standard InChI is InChI=1S/C57H44N2O/c1-2-12-39(13-3-1)41-14-10-15-42(31-41)55-58-50(40-24-26-43(27-25-40)56-33-36-28-37(34-56)30-38(29-36)35-56)32-51(59-55)45-17-11-21-49-54(45)44-16-4-5-18-46(44)57(49)47-19-6-8-22-52(47)60-53-23-9-7-20-48(53)57/h1-27,31-32,36-38H,28-30,33-35H2/t36-,37-,38?,56?/m1/s1. The molecule has 0 N–H and O–H groups in total. The van der Waals surface area contributed by atoms with E-state index in [0.29, 0.717) is 5.41 Å². The highest BCUT2D eigenvalue weighted by Gasteiger charge is 2.53. The fourth-order valence-electron chi connectivity index (χ4n) is 12.9. The quantitative estimate of drug-likeness (QED) is 0.175. The highest BCUT2D eigenvalue weighted by molar-refractivity contribution is 5.96. The SMILES string of the molecule is c1ccc(-c2cccc(-c3nc(-c4ccc(C56CC7C[C@H](C5)C[C@H](C7)C6)cc4)cc(-c4cccc5c4-c4ccccc4C54c5ccccc5Oc5ccccc54)n3)c2)cc1. The van der Waals surface area contributed by atoms with E-state index in [1.165, 1.54) is 71.9 Å². The van der Waals surface area contributed by atoms with Gasteiger partial charge in [0.05, 0.1) is 16.8 Å². The van der Waals surface area contributed by atoms with Crippen molar-refractivity contribution in [2.75, 3.05) is 0 Å². The molecule has 0 unspecified atom stereocenters. The molecule has 8 aromatic rings. The van der Waals surface area contributed by atoms with Crippen molar-refractivity contribution in [2.24, 2.45) is 17.8 Å². The van der Waals surface area contributed by atoms with Crippen LogP contribution < -0.4 is 4.74 Å². The van der Waals surface area contributed by atoms with Crippen LogP contribution in [0.15, 0.2) is 176 Å². The van der Waals surface area contributed by atoms with Crippen LogP contribution >= 0.6 is 0 Å². The Morgan fingerprint density at radius 3 is 1.68 bits per heavy atom. The first-order valence-corrected chi connectivity index (χ1v) is 21.9. The van der Waals surface area contributed by atoms with Crippen LogP contribution in [0.3, 0.4) is 0 Å². The first-order chi connectivity index (χ1) is 29.6. The van der Waals surface area contributed by atoms with Crippen molar-refractivity contribution < 1.29 is 4.74 Å². The summed E-state index contributed by atoms with van der Waals surface area (Å²) in [5.41, 5.74) is 16.0. The van der Waals surface area contributed by atoms with E-state index in [1.807, 2.05) is 0 Å². The Kier molecular flexibility index (Phi) is 7.41. The van der Waals surface area contributed by atoms with Gasteiger partial charge in [0.1, 0.15) is 11.5 Å². The predicted molar refractivity (Wildman–Crippen MR) is 241 cm³/mol. The Balaban J connectivity index is 1.01. The van der Waals surface area contributed by atoms with Crippen molar-refractivity contribution >= 4 is 0 Å². The van der Waals surface area contributed by atoms with E-state index in [-0.39, 0.29) is 0 Å². The molecule has 1 aliphatic heterocycles. The van der Waals surface area contributed by atoms with E-state index in [4.69, 9.17) is 14.7 Å². The van der Waals surface area contributed by atoms with Crippen LogP contribution in [0.25, 0.3) is 56.2 Å². The zero-order chi connectivity index (χ0) is 39.4. The average Bonchev–Trinajstić information content (AvgIpc) is 3.59. The summed E-state index contributed by atoms with van der Waals surface area (Å²) in [5.74, 6) is 5.25. The van der Waals surface area contributed by atoms with Gasteiger partial charge in [0.25, 0.3) is 0 Å². The maximum Gasteiger partial charge on any atom is 0.160 e. The summed E-state index contributed by atoms with van der Waals surface area (Å²) in [6.07, 6.45) is 8.45. The minimum absolute atomic E-state index is 0.350. The second-order valence-electron chi connectivity index (χ2n) is 18.3. The smallest absolute Gasteiger partial charge is 0.160 e. The van der Waals surface area contributed by atoms with Gasteiger partial charge in [-0.3, -0.25) is 0 Å². The molecule has 4 saturated carbocycles. The number of benzene rings is 7. The number of hydrogen-bond acceptors (Lipinski definition) is 3. The summed E-state index contributed by atoms with van der Waals surface area (Å²) in [6.45, 7) is 0. The summed E-state index contributed by atoms with van der Waals surface area (Å²) in [4.78, 5) is 10.9. The molecule has 3 heteroatoms. The van der Waals surface area contributed by atoms with Crippen molar-refractivity contribution in [1.29, 1.82) is 0 Å². The van der Waals surface area contributed by atoms with Crippen molar-refractivity contribution in [3.8, 4) is 67.7 Å². The van der Waals surface area contributed by atoms with Gasteiger partial charge in [-0.25, -0.2) is 9.97 Å². The summed E-state index contributed by atoms with van der Waals surface area (Å²) < 4.78 is 6.64. The van der Waals surface area contributed by atoms with Crippen LogP contribution in [0.5, 0.6) is 11.5 Å². The van der Waals surface area contributed by atoms with Gasteiger partial charge in [0, 0.05) is 27.8 Å². The second kappa shape index (κ2) is 13.0. The highest BCUT2D eigenvalue weighted by atomic mass is 16.5. The summed E-state index contributed by atoms with van der Waals surface area (Å²) in [7, 11) is 0. The molecular formula is C57H44N2O. The van der Waals surface area contributed by atoms with Crippen LogP contribution in [-0.4, -0.2) is 9.97 Å². The third-order valence-corrected chi connectivity index (χ3v) is 14.9. The van der Waals surface area contributed by atoms with Gasteiger partial charge in [-0.15, -0.1) is 0 Å². The zero-order valence-electron chi connectivity index (χ0n) is 33.5. The van der Waals surface area contributed by atoms with Crippen LogP contribution in [0.2, 0.25) is 0 Å². The van der Waals surface area contributed by atoms with Crippen molar-refractivity contribution in [3.63, 3.8) is 0 Å². The number of hydrogen-bond donors (Lipinski definition) is 0. The lowest BCUT2D eigenvalue weighted by atomic mass is 9.48. The maximum atomic E-state index is 6.64. The summed E-state index contributed by atoms with van der Waals surface area (Å²) in [5, 5.41) is 0. The van der Waals surface area contributed by atoms with E-state index in [2.05, 4.69) is 176 Å². The van der Waals surface area contributed by atoms with Crippen LogP contribution in [0, 0.1) is 17.8 Å². The number of aromatic nitrogens is 2. The van der Waals surface area contributed by atoms with E-state index in [9.17, 15) is 0 Å². The van der Waals surface area contributed by atoms with Gasteiger partial charge in [-0.1, -0.05) is 152 Å². The molecule has 3 nitrogen and oxygen atoms in total. The molecule has 60 heavy (non-hydrogen) atoms. The Morgan fingerprint density at radius 1 is 0.417 bits per heavy atom. The van der Waals surface area contributed by atoms with Gasteiger partial charge in [0.2, 0.25) is 0 Å². The molecular weight excluding hydrogens is 729 g/mol. The van der Waals surface area contributed by atoms with Crippen LogP contribution in [0.1, 0.15) is 66.3 Å². The minimum Gasteiger partial charge on any atom is -0.457 e. The van der Waals surface area contributed by atoms with Crippen LogP contribution in [0.4, 0.5) is 0 Å². The lowest BCUT2D eigenvalue weighted by molar-refractivity contribution is -0.00518. The van der Waals surface area contributed by atoms with E-state index < -0.39 is 5.41 Å². The molecule has 0 radical (unpaired) electrons. The first-order valence-electron chi connectivity index (χ1n) is 21.9. The maximum absolute atomic E-state index is 6.64. The summed E-state index contributed by atoms with van der Waals surface area (Å²) >= 11 is 0. The Bertz CT molecular complexity index is 2920. The highest BCUT2D eigenvalue weighted by Crippen LogP contribution is 2.64. The van der Waals surface area contributed by atoms with Gasteiger partial charge < -0.3 is 4.74 Å². The molecule has 288 valence electrons. The fourth-order valence-corrected chi connectivity index (χ4v) is 12.9. The van der Waals surface area contributed by atoms with E-state index in [1.54, 1.807) is 0 Å². The van der Waals surface area contributed by atoms with Crippen LogP contribution in [-0.2, 0) is 10.8 Å². The predicted octanol–water partition coefficient (Wildman–Crippen LogP) is 14.1. The molecule has 4 bridgehead atoms. The molecule has 5 aliphatic carbocycles. The van der Waals surface area contributed by atoms with Gasteiger partial charge in [-0.2, -0.15) is 0 Å². The largest absolute Gasteiger partial charge is 0.457 e. The molecule has 0 atom stereocenters. The first kappa shape index (κ1) is 34.3. The second-order valence-corrected chi connectivity index (χ2v) is 18.3. The van der Waals surface area contributed by atoms with Gasteiger partial charge in [-0.05, 0) is 125 Å². The minimum atomic E-state index is -0.552. The lowest BCUT2D eigenvalue weighted by Gasteiger charge is -2.57. The molecule has 7 aromatic carbocycles. The third-order valence-electron chi connectivity index (χ3n) is 14.9. The monoisotopic (exact) mass is 772 g/mol. The molecule has 0 saturated heterocycles. The zero-order valence-corrected chi connectivity index (χ0v) is 33.5. The molecule has 4 fully saturated rings. The number of nitrogens with zero attached hydrogens (tertiary/aromatic N) is 2. The normalized spacial score (nSPS) is 22.1. The Hall–Kier alpha value is -6.58. The molecule has 1 spiro atoms. The lowest BCUT2D eigenvalue weighted by Crippen LogP contribution is -2.48. The average molecular weight is 773 g/mol. The topological polar surface area (TPSA) is 35.0 Å².